The fourth-order valence-corrected chi connectivity index (χ4v) is 2.59. The van der Waals surface area contributed by atoms with E-state index in [4.69, 9.17) is 22.1 Å². The van der Waals surface area contributed by atoms with Crippen LogP contribution < -0.4 is 5.73 Å². The number of benzene rings is 1. The largest absolute Gasteiger partial charge is 0.461 e. The molecule has 1 fully saturated rings. The van der Waals surface area contributed by atoms with Crippen LogP contribution in [0.25, 0.3) is 0 Å². The third-order valence-electron chi connectivity index (χ3n) is 3.63. The summed E-state index contributed by atoms with van der Waals surface area (Å²) < 4.78 is 18.0. The van der Waals surface area contributed by atoms with E-state index >= 15 is 0 Å². The van der Waals surface area contributed by atoms with Crippen molar-refractivity contribution < 1.29 is 18.7 Å². The first-order valence-corrected chi connectivity index (χ1v) is 7.66. The molecule has 0 saturated carbocycles. The predicted molar refractivity (Wildman–Crippen MR) is 83.9 cm³/mol. The lowest BCUT2D eigenvalue weighted by atomic mass is 10.0. The topological polar surface area (TPSA) is 72.6 Å². The number of hydrogen-bond acceptors (Lipinski definition) is 4. The minimum absolute atomic E-state index is 0.0182. The van der Waals surface area contributed by atoms with E-state index in [1.807, 2.05) is 0 Å². The molecule has 0 spiro atoms. The first-order chi connectivity index (χ1) is 10.9. The highest BCUT2D eigenvalue weighted by atomic mass is 35.5. The first kappa shape index (κ1) is 17.3. The molecular weight excluding hydrogens is 323 g/mol. The second-order valence-electron chi connectivity index (χ2n) is 5.23. The molecule has 124 valence electrons. The molecule has 2 rings (SSSR count). The number of esters is 1. The Kier molecular flexibility index (Phi) is 5.60. The van der Waals surface area contributed by atoms with Crippen LogP contribution in [0.15, 0.2) is 29.5 Å². The number of carbonyl (C=O) groups is 2. The van der Waals surface area contributed by atoms with Gasteiger partial charge in [-0.1, -0.05) is 17.7 Å². The van der Waals surface area contributed by atoms with Crippen LogP contribution in [0.5, 0.6) is 0 Å². The van der Waals surface area contributed by atoms with E-state index in [2.05, 4.69) is 0 Å². The molecule has 0 aromatic heterocycles. The van der Waals surface area contributed by atoms with Crippen molar-refractivity contribution in [3.8, 4) is 0 Å². The van der Waals surface area contributed by atoms with Crippen LogP contribution in [0, 0.1) is 5.82 Å². The maximum atomic E-state index is 13.2. The number of nitrogens with two attached hydrogens (primary N) is 1. The number of hydrogen-bond donors (Lipinski definition) is 1. The second-order valence-corrected chi connectivity index (χ2v) is 5.64. The van der Waals surface area contributed by atoms with Crippen molar-refractivity contribution >= 4 is 23.5 Å². The van der Waals surface area contributed by atoms with Gasteiger partial charge in [-0.3, -0.25) is 4.79 Å². The normalized spacial score (nSPS) is 17.2. The summed E-state index contributed by atoms with van der Waals surface area (Å²) in [4.78, 5) is 25.5. The molecule has 1 amide bonds. The number of likely N-dealkylation sites (tertiary alicyclic amines) is 1. The van der Waals surface area contributed by atoms with Crippen LogP contribution in [0.3, 0.4) is 0 Å². The van der Waals surface area contributed by atoms with Crippen molar-refractivity contribution in [3.63, 3.8) is 0 Å². The van der Waals surface area contributed by atoms with Crippen LogP contribution in [-0.2, 0) is 20.9 Å². The van der Waals surface area contributed by atoms with Gasteiger partial charge in [0.1, 0.15) is 11.5 Å². The zero-order chi connectivity index (χ0) is 17.0. The maximum Gasteiger partial charge on any atom is 0.354 e. The van der Waals surface area contributed by atoms with E-state index in [1.165, 1.54) is 12.1 Å². The smallest absolute Gasteiger partial charge is 0.354 e. The highest BCUT2D eigenvalue weighted by Gasteiger charge is 2.25. The van der Waals surface area contributed by atoms with Crippen LogP contribution in [0.1, 0.15) is 25.3 Å². The predicted octanol–water partition coefficient (Wildman–Crippen LogP) is 2.38. The molecule has 0 bridgehead atoms. The summed E-state index contributed by atoms with van der Waals surface area (Å²) in [6, 6.07) is 4.37. The molecule has 1 aromatic carbocycles. The number of amides is 1. The lowest BCUT2D eigenvalue weighted by Gasteiger charge is -2.29. The molecule has 23 heavy (non-hydrogen) atoms. The highest BCUT2D eigenvalue weighted by Crippen LogP contribution is 2.23. The number of piperidine rings is 1. The average molecular weight is 341 g/mol. The van der Waals surface area contributed by atoms with Crippen molar-refractivity contribution in [2.75, 3.05) is 13.2 Å². The van der Waals surface area contributed by atoms with Gasteiger partial charge in [-0.2, -0.15) is 0 Å². The van der Waals surface area contributed by atoms with Gasteiger partial charge in [0, 0.05) is 13.1 Å². The minimum atomic E-state index is -0.589. The van der Waals surface area contributed by atoms with Crippen molar-refractivity contribution in [1.29, 1.82) is 0 Å². The zero-order valence-corrected chi connectivity index (χ0v) is 13.5. The molecule has 1 saturated heterocycles. The van der Waals surface area contributed by atoms with Crippen LogP contribution in [0.4, 0.5) is 4.39 Å². The van der Waals surface area contributed by atoms with Gasteiger partial charge in [-0.05, 0) is 36.6 Å². The fourth-order valence-electron chi connectivity index (χ4n) is 2.39. The Balaban J connectivity index is 2.04. The van der Waals surface area contributed by atoms with Crippen molar-refractivity contribution in [2.45, 2.75) is 26.3 Å². The average Bonchev–Trinajstić information content (AvgIpc) is 2.52. The van der Waals surface area contributed by atoms with Crippen molar-refractivity contribution in [3.05, 3.63) is 45.9 Å². The highest BCUT2D eigenvalue weighted by molar-refractivity contribution is 6.30. The molecule has 2 N–H and O–H groups in total. The Morgan fingerprint density at radius 3 is 2.83 bits per heavy atom. The molecule has 5 nitrogen and oxygen atoms in total. The number of rotatable bonds is 4. The molecule has 0 aliphatic carbocycles. The summed E-state index contributed by atoms with van der Waals surface area (Å²) >= 11 is 5.74. The van der Waals surface area contributed by atoms with Crippen molar-refractivity contribution in [1.82, 2.24) is 4.90 Å². The Morgan fingerprint density at radius 1 is 1.48 bits per heavy atom. The van der Waals surface area contributed by atoms with Gasteiger partial charge in [-0.25, -0.2) is 9.18 Å². The standard InChI is InChI=1S/C16H18ClFN2O3/c1-2-23-16(22)15(19)11-5-6-20(14(21)8-11)9-10-3-4-13(18)12(17)7-10/h3-4,7H,2,5-6,8-9,19H2,1H3/b15-11+. The van der Waals surface area contributed by atoms with Gasteiger partial charge in [-0.15, -0.1) is 0 Å². The third kappa shape index (κ3) is 4.22. The van der Waals surface area contributed by atoms with E-state index in [1.54, 1.807) is 17.9 Å². The van der Waals surface area contributed by atoms with E-state index in [-0.39, 0.29) is 29.7 Å². The fraction of sp³-hybridized carbons (Fsp3) is 0.375. The van der Waals surface area contributed by atoms with Crippen molar-refractivity contribution in [2.24, 2.45) is 5.73 Å². The van der Waals surface area contributed by atoms with Gasteiger partial charge in [0.15, 0.2) is 0 Å². The number of ether oxygens (including phenoxy) is 1. The SMILES string of the molecule is CCOC(=O)/C(N)=C1/CCN(Cc2ccc(F)c(Cl)c2)C(=O)C1. The molecule has 1 aromatic rings. The summed E-state index contributed by atoms with van der Waals surface area (Å²) in [6.45, 7) is 2.70. The van der Waals surface area contributed by atoms with Crippen LogP contribution in [-0.4, -0.2) is 29.9 Å². The lowest BCUT2D eigenvalue weighted by molar-refractivity contribution is -0.138. The first-order valence-electron chi connectivity index (χ1n) is 7.28. The Labute approximate surface area is 138 Å². The van der Waals surface area contributed by atoms with Gasteiger partial charge in [0.2, 0.25) is 5.91 Å². The third-order valence-corrected chi connectivity index (χ3v) is 3.92. The number of nitrogens with zero attached hydrogens (tertiary/aromatic N) is 1. The molecule has 0 unspecified atom stereocenters. The van der Waals surface area contributed by atoms with E-state index in [0.717, 1.165) is 5.56 Å². The number of carbonyl (C=O) groups excluding carboxylic acids is 2. The van der Waals surface area contributed by atoms with Gasteiger partial charge in [0.25, 0.3) is 0 Å². The van der Waals surface area contributed by atoms with Crippen LogP contribution >= 0.6 is 11.6 Å². The molecular formula is C16H18ClFN2O3. The maximum absolute atomic E-state index is 13.2. The van der Waals surface area contributed by atoms with Crippen LogP contribution in [0.2, 0.25) is 5.02 Å². The van der Waals surface area contributed by atoms with Gasteiger partial charge in [0.05, 0.1) is 18.1 Å². The molecule has 7 heteroatoms. The molecule has 0 radical (unpaired) electrons. The quantitative estimate of drug-likeness (QED) is 0.674. The summed E-state index contributed by atoms with van der Waals surface area (Å²) in [5, 5.41) is 0.0269. The second kappa shape index (κ2) is 7.46. The summed E-state index contributed by atoms with van der Waals surface area (Å²) in [6.07, 6.45) is 0.588. The Morgan fingerprint density at radius 2 is 2.22 bits per heavy atom. The molecule has 1 aliphatic rings. The van der Waals surface area contributed by atoms with E-state index in [9.17, 15) is 14.0 Å². The number of halogens is 2. The van der Waals surface area contributed by atoms with Gasteiger partial charge < -0.3 is 15.4 Å². The molecule has 1 heterocycles. The Bertz CT molecular complexity index is 661. The van der Waals surface area contributed by atoms with E-state index < -0.39 is 11.8 Å². The molecule has 1 aliphatic heterocycles. The summed E-state index contributed by atoms with van der Waals surface area (Å²) in [7, 11) is 0. The zero-order valence-electron chi connectivity index (χ0n) is 12.8. The monoisotopic (exact) mass is 340 g/mol. The molecule has 0 atom stereocenters. The lowest BCUT2D eigenvalue weighted by Crippen LogP contribution is -2.37. The van der Waals surface area contributed by atoms with E-state index in [0.29, 0.717) is 25.1 Å². The summed E-state index contributed by atoms with van der Waals surface area (Å²) in [5.41, 5.74) is 7.11. The van der Waals surface area contributed by atoms with Gasteiger partial charge >= 0.3 is 5.97 Å². The Hall–Kier alpha value is -2.08. The minimum Gasteiger partial charge on any atom is -0.461 e. The summed E-state index contributed by atoms with van der Waals surface area (Å²) in [5.74, 6) is -1.22.